The lowest BCUT2D eigenvalue weighted by Gasteiger charge is -2.55. The minimum atomic E-state index is -1.03. The number of carbonyl (C=O) groups excluding carboxylic acids is 1. The lowest BCUT2D eigenvalue weighted by molar-refractivity contribution is -0.294. The van der Waals surface area contributed by atoms with Crippen molar-refractivity contribution >= 4 is 45.6 Å². The van der Waals surface area contributed by atoms with Crippen molar-refractivity contribution in [1.29, 1.82) is 0 Å². The molecule has 2 aliphatic heterocycles. The number of aromatic nitrogens is 2. The number of likely N-dealkylation sites (tertiary alicyclic amines) is 1. The maximum Gasteiger partial charge on any atom is 0.411 e. The van der Waals surface area contributed by atoms with E-state index in [0.717, 1.165) is 10.9 Å². The van der Waals surface area contributed by atoms with Gasteiger partial charge in [0.2, 0.25) is 0 Å². The molecule has 0 bridgehead atoms. The summed E-state index contributed by atoms with van der Waals surface area (Å²) in [6.07, 6.45) is 1.15. The molecule has 2 unspecified atom stereocenters. The average Bonchev–Trinajstić information content (AvgIpc) is 2.72. The number of amides is 1. The second kappa shape index (κ2) is 8.87. The standard InChI is InChI=1S/C23H30BrN3O5S/c1-5-23(19-25-16-11-14(24)7-8-15(16)18(28)26-19)17(33)12-22(30-9-6-10-31-22)13-27(23)20(29)32-21(2,3)4/h7-8,11,17,33H,5-6,9-10,12-13H2,1-4H3,(H,25,26,28). The number of hydrogen-bond donors (Lipinski definition) is 2. The fraction of sp³-hybridized carbons (Fsp3) is 0.609. The van der Waals surface area contributed by atoms with Gasteiger partial charge >= 0.3 is 6.09 Å². The minimum Gasteiger partial charge on any atom is -0.444 e. The van der Waals surface area contributed by atoms with E-state index < -0.39 is 28.3 Å². The smallest absolute Gasteiger partial charge is 0.411 e. The molecule has 180 valence electrons. The monoisotopic (exact) mass is 539 g/mol. The van der Waals surface area contributed by atoms with Crippen LogP contribution in [-0.4, -0.2) is 57.4 Å². The molecule has 1 aromatic heterocycles. The Morgan fingerprint density at radius 1 is 1.36 bits per heavy atom. The Morgan fingerprint density at radius 3 is 2.70 bits per heavy atom. The summed E-state index contributed by atoms with van der Waals surface area (Å²) in [5.41, 5.74) is -1.48. The Morgan fingerprint density at radius 2 is 2.06 bits per heavy atom. The zero-order valence-electron chi connectivity index (χ0n) is 19.3. The first kappa shape index (κ1) is 24.5. The first-order chi connectivity index (χ1) is 15.5. The Labute approximate surface area is 206 Å². The second-order valence-electron chi connectivity index (χ2n) is 9.60. The van der Waals surface area contributed by atoms with Gasteiger partial charge in [-0.3, -0.25) is 9.69 Å². The van der Waals surface area contributed by atoms with Crippen LogP contribution in [0, 0.1) is 0 Å². The minimum absolute atomic E-state index is 0.146. The van der Waals surface area contributed by atoms with Crippen LogP contribution >= 0.6 is 28.6 Å². The van der Waals surface area contributed by atoms with E-state index in [4.69, 9.17) is 31.8 Å². The first-order valence-corrected chi connectivity index (χ1v) is 12.5. The van der Waals surface area contributed by atoms with Crippen LogP contribution in [0.3, 0.4) is 0 Å². The van der Waals surface area contributed by atoms with Crippen LogP contribution in [-0.2, 0) is 19.7 Å². The van der Waals surface area contributed by atoms with Crippen LogP contribution in [0.4, 0.5) is 4.79 Å². The Bertz CT molecular complexity index is 1110. The zero-order valence-corrected chi connectivity index (χ0v) is 21.8. The molecular formula is C23H30BrN3O5S. The maximum absolute atomic E-state index is 13.6. The molecule has 8 nitrogen and oxygen atoms in total. The molecule has 1 amide bonds. The van der Waals surface area contributed by atoms with Crippen LogP contribution in [0.25, 0.3) is 10.9 Å². The Balaban J connectivity index is 1.88. The molecule has 2 aromatic rings. The van der Waals surface area contributed by atoms with Gasteiger partial charge in [0.05, 0.1) is 30.7 Å². The first-order valence-electron chi connectivity index (χ1n) is 11.2. The van der Waals surface area contributed by atoms with E-state index in [2.05, 4.69) is 20.9 Å². The lowest BCUT2D eigenvalue weighted by Crippen LogP contribution is -2.68. The van der Waals surface area contributed by atoms with Crippen molar-refractivity contribution < 1.29 is 19.0 Å². The number of aromatic amines is 1. The predicted octanol–water partition coefficient (Wildman–Crippen LogP) is 4.36. The van der Waals surface area contributed by atoms with Gasteiger partial charge in [-0.25, -0.2) is 9.78 Å². The van der Waals surface area contributed by atoms with E-state index in [9.17, 15) is 9.59 Å². The van der Waals surface area contributed by atoms with Gasteiger partial charge in [-0.05, 0) is 51.8 Å². The van der Waals surface area contributed by atoms with Gasteiger partial charge in [0.1, 0.15) is 17.0 Å². The van der Waals surface area contributed by atoms with Crippen LogP contribution < -0.4 is 5.56 Å². The SMILES string of the molecule is CCC1(c2nc3cc(Br)ccc3c(=O)[nH]2)C(S)CC2(CN1C(=O)OC(C)(C)C)OCCCO2. The van der Waals surface area contributed by atoms with Crippen molar-refractivity contribution in [3.05, 3.63) is 38.9 Å². The highest BCUT2D eigenvalue weighted by atomic mass is 79.9. The third-order valence-corrected chi connectivity index (χ3v) is 7.29. The number of H-pyrrole nitrogens is 1. The van der Waals surface area contributed by atoms with Crippen molar-refractivity contribution in [2.45, 2.75) is 69.1 Å². The number of thiol groups is 1. The van der Waals surface area contributed by atoms with Crippen molar-refractivity contribution in [3.8, 4) is 0 Å². The van der Waals surface area contributed by atoms with Crippen LogP contribution in [0.2, 0.25) is 0 Å². The fourth-order valence-corrected chi connectivity index (χ4v) is 5.73. The molecule has 1 N–H and O–H groups in total. The van der Waals surface area contributed by atoms with Crippen LogP contribution in [0.5, 0.6) is 0 Å². The highest BCUT2D eigenvalue weighted by Crippen LogP contribution is 2.47. The normalized spacial score (nSPS) is 25.4. The summed E-state index contributed by atoms with van der Waals surface area (Å²) in [5.74, 6) is -0.599. The van der Waals surface area contributed by atoms with E-state index in [1.807, 2.05) is 27.7 Å². The van der Waals surface area contributed by atoms with Gasteiger partial charge < -0.3 is 19.2 Å². The number of nitrogens with one attached hydrogen (secondary N) is 1. The number of hydrogen-bond acceptors (Lipinski definition) is 7. The molecule has 0 aliphatic carbocycles. The number of ether oxygens (including phenoxy) is 3. The molecular weight excluding hydrogens is 510 g/mol. The van der Waals surface area contributed by atoms with Gasteiger partial charge in [-0.1, -0.05) is 22.9 Å². The van der Waals surface area contributed by atoms with Gasteiger partial charge in [-0.15, -0.1) is 0 Å². The Hall–Kier alpha value is -1.62. The molecule has 0 radical (unpaired) electrons. The van der Waals surface area contributed by atoms with Crippen molar-refractivity contribution in [1.82, 2.24) is 14.9 Å². The number of benzene rings is 1. The maximum atomic E-state index is 13.6. The second-order valence-corrected chi connectivity index (χ2v) is 11.1. The van der Waals surface area contributed by atoms with E-state index in [1.54, 1.807) is 23.1 Å². The summed E-state index contributed by atoms with van der Waals surface area (Å²) in [6, 6.07) is 5.31. The summed E-state index contributed by atoms with van der Waals surface area (Å²) >= 11 is 8.40. The lowest BCUT2D eigenvalue weighted by atomic mass is 9.80. The predicted molar refractivity (Wildman–Crippen MR) is 132 cm³/mol. The van der Waals surface area contributed by atoms with Crippen molar-refractivity contribution in [2.75, 3.05) is 19.8 Å². The van der Waals surface area contributed by atoms with Crippen LogP contribution in [0.1, 0.15) is 52.8 Å². The van der Waals surface area contributed by atoms with Crippen LogP contribution in [0.15, 0.2) is 27.5 Å². The van der Waals surface area contributed by atoms with Gasteiger partial charge in [0.15, 0.2) is 5.79 Å². The summed E-state index contributed by atoms with van der Waals surface area (Å²) in [4.78, 5) is 35.9. The highest BCUT2D eigenvalue weighted by molar-refractivity contribution is 9.10. The number of carbonyl (C=O) groups is 1. The molecule has 2 atom stereocenters. The topological polar surface area (TPSA) is 93.8 Å². The number of halogens is 1. The van der Waals surface area contributed by atoms with E-state index in [0.29, 0.717) is 42.8 Å². The largest absolute Gasteiger partial charge is 0.444 e. The molecule has 10 heteroatoms. The van der Waals surface area contributed by atoms with E-state index in [-0.39, 0.29) is 12.1 Å². The number of fused-ring (bicyclic) bond motifs is 1. The molecule has 0 saturated carbocycles. The summed E-state index contributed by atoms with van der Waals surface area (Å²) in [5, 5.41) is 0.0357. The molecule has 2 fully saturated rings. The van der Waals surface area contributed by atoms with Gasteiger partial charge in [-0.2, -0.15) is 12.6 Å². The molecule has 1 spiro atoms. The molecule has 2 aliphatic rings. The quantitative estimate of drug-likeness (QED) is 0.550. The Kier molecular flexibility index (Phi) is 6.58. The average molecular weight is 540 g/mol. The van der Waals surface area contributed by atoms with E-state index in [1.165, 1.54) is 0 Å². The zero-order chi connectivity index (χ0) is 24.0. The van der Waals surface area contributed by atoms with E-state index >= 15 is 0 Å². The summed E-state index contributed by atoms with van der Waals surface area (Å²) in [6.45, 7) is 8.63. The third kappa shape index (κ3) is 4.54. The van der Waals surface area contributed by atoms with Crippen molar-refractivity contribution in [3.63, 3.8) is 0 Å². The number of nitrogens with zero attached hydrogens (tertiary/aromatic N) is 2. The molecule has 4 rings (SSSR count). The molecule has 1 aromatic carbocycles. The summed E-state index contributed by atoms with van der Waals surface area (Å²) in [7, 11) is 0. The third-order valence-electron chi connectivity index (χ3n) is 6.19. The fourth-order valence-electron chi connectivity index (χ4n) is 4.66. The number of piperidine rings is 1. The van der Waals surface area contributed by atoms with Gasteiger partial charge in [0.25, 0.3) is 5.56 Å². The molecule has 3 heterocycles. The van der Waals surface area contributed by atoms with Gasteiger partial charge in [0, 0.05) is 16.1 Å². The molecule has 2 saturated heterocycles. The number of rotatable bonds is 2. The highest BCUT2D eigenvalue weighted by Gasteiger charge is 2.58. The summed E-state index contributed by atoms with van der Waals surface area (Å²) < 4.78 is 18.7. The molecule has 33 heavy (non-hydrogen) atoms. The van der Waals surface area contributed by atoms with Crippen molar-refractivity contribution in [2.24, 2.45) is 0 Å².